The van der Waals surface area contributed by atoms with Gasteiger partial charge in [0, 0.05) is 22.0 Å². The van der Waals surface area contributed by atoms with Crippen molar-refractivity contribution >= 4 is 28.1 Å². The van der Waals surface area contributed by atoms with Gasteiger partial charge in [0.05, 0.1) is 5.69 Å². The molecule has 0 fully saturated rings. The van der Waals surface area contributed by atoms with Gasteiger partial charge in [-0.05, 0) is 12.1 Å². The van der Waals surface area contributed by atoms with Crippen molar-refractivity contribution < 1.29 is 0 Å². The Bertz CT molecular complexity index is 464. The molecule has 0 radical (unpaired) electrons. The summed E-state index contributed by atoms with van der Waals surface area (Å²) in [5.74, 6) is 0. The average Bonchev–Trinajstić information content (AvgIpc) is 2.61. The van der Waals surface area contributed by atoms with E-state index in [0.29, 0.717) is 16.7 Å². The molecule has 0 aliphatic rings. The second kappa shape index (κ2) is 4.18. The van der Waals surface area contributed by atoms with Crippen molar-refractivity contribution in [1.29, 1.82) is 0 Å². The number of nitrogens with zero attached hydrogens (tertiary/aromatic N) is 1. The van der Waals surface area contributed by atoms with E-state index in [9.17, 15) is 0 Å². The second-order valence-corrected chi connectivity index (χ2v) is 4.59. The first-order valence-corrected chi connectivity index (χ1v) is 5.61. The average molecular weight is 240 g/mol. The number of rotatable bonds is 2. The number of anilines is 1. The topological polar surface area (TPSA) is 64.9 Å². The van der Waals surface area contributed by atoms with Gasteiger partial charge in [-0.1, -0.05) is 23.7 Å². The summed E-state index contributed by atoms with van der Waals surface area (Å²) >= 11 is 7.23. The van der Waals surface area contributed by atoms with Crippen molar-refractivity contribution in [2.75, 3.05) is 5.73 Å². The molecule has 0 saturated carbocycles. The van der Waals surface area contributed by atoms with Crippen LogP contribution < -0.4 is 11.5 Å². The highest BCUT2D eigenvalue weighted by molar-refractivity contribution is 7.15. The summed E-state index contributed by atoms with van der Waals surface area (Å²) in [5, 5.41) is 1.25. The molecule has 2 aromatic rings. The molecule has 0 spiro atoms. The molecular weight excluding hydrogens is 230 g/mol. The van der Waals surface area contributed by atoms with Gasteiger partial charge in [-0.2, -0.15) is 0 Å². The summed E-state index contributed by atoms with van der Waals surface area (Å²) in [7, 11) is 0. The van der Waals surface area contributed by atoms with E-state index in [1.54, 1.807) is 0 Å². The molecule has 5 heteroatoms. The first-order valence-electron chi connectivity index (χ1n) is 4.42. The molecule has 3 nitrogen and oxygen atoms in total. The van der Waals surface area contributed by atoms with E-state index in [1.165, 1.54) is 11.3 Å². The lowest BCUT2D eigenvalue weighted by Gasteiger charge is -1.99. The molecule has 2 rings (SSSR count). The lowest BCUT2D eigenvalue weighted by atomic mass is 10.1. The number of nitrogen functional groups attached to an aromatic ring is 1. The molecule has 0 unspecified atom stereocenters. The first kappa shape index (κ1) is 10.4. The van der Waals surface area contributed by atoms with Crippen molar-refractivity contribution in [2.45, 2.75) is 6.54 Å². The number of nitrogens with two attached hydrogens (primary N) is 2. The van der Waals surface area contributed by atoms with Gasteiger partial charge in [-0.15, -0.1) is 11.3 Å². The Morgan fingerprint density at radius 3 is 2.53 bits per heavy atom. The van der Waals surface area contributed by atoms with Crippen molar-refractivity contribution in [3.63, 3.8) is 0 Å². The van der Waals surface area contributed by atoms with Crippen LogP contribution in [-0.2, 0) is 6.54 Å². The van der Waals surface area contributed by atoms with E-state index in [0.717, 1.165) is 16.1 Å². The lowest BCUT2D eigenvalue weighted by molar-refractivity contribution is 1.10. The van der Waals surface area contributed by atoms with Crippen LogP contribution in [0.5, 0.6) is 0 Å². The fraction of sp³-hybridized carbons (Fsp3) is 0.100. The summed E-state index contributed by atoms with van der Waals surface area (Å²) < 4.78 is 0. The Morgan fingerprint density at radius 1 is 1.27 bits per heavy atom. The van der Waals surface area contributed by atoms with Crippen LogP contribution in [0, 0.1) is 0 Å². The zero-order valence-corrected chi connectivity index (χ0v) is 9.48. The Labute approximate surface area is 96.7 Å². The van der Waals surface area contributed by atoms with Crippen LogP contribution >= 0.6 is 22.9 Å². The van der Waals surface area contributed by atoms with Crippen LogP contribution in [0.1, 0.15) is 4.88 Å². The maximum atomic E-state index is 5.81. The zero-order valence-electron chi connectivity index (χ0n) is 7.90. The monoisotopic (exact) mass is 239 g/mol. The SMILES string of the molecule is NCc1sc(N)nc1-c1ccc(Cl)cc1. The molecule has 0 saturated heterocycles. The molecule has 0 atom stereocenters. The molecule has 4 N–H and O–H groups in total. The van der Waals surface area contributed by atoms with Gasteiger partial charge in [0.15, 0.2) is 5.13 Å². The Morgan fingerprint density at radius 2 is 1.93 bits per heavy atom. The smallest absolute Gasteiger partial charge is 0.180 e. The number of hydrogen-bond donors (Lipinski definition) is 2. The van der Waals surface area contributed by atoms with Crippen molar-refractivity contribution in [2.24, 2.45) is 5.73 Å². The number of aromatic nitrogens is 1. The normalized spacial score (nSPS) is 10.5. The van der Waals surface area contributed by atoms with Gasteiger partial charge in [0.25, 0.3) is 0 Å². The maximum Gasteiger partial charge on any atom is 0.180 e. The minimum Gasteiger partial charge on any atom is -0.375 e. The van der Waals surface area contributed by atoms with Crippen LogP contribution in [0.4, 0.5) is 5.13 Å². The molecule has 15 heavy (non-hydrogen) atoms. The minimum atomic E-state index is 0.451. The van der Waals surface area contributed by atoms with Gasteiger partial charge < -0.3 is 11.5 Å². The Balaban J connectivity index is 2.48. The molecule has 0 bridgehead atoms. The lowest BCUT2D eigenvalue weighted by Crippen LogP contribution is -1.95. The highest BCUT2D eigenvalue weighted by Gasteiger charge is 2.09. The molecular formula is C10H10ClN3S. The molecule has 0 aliphatic carbocycles. The zero-order chi connectivity index (χ0) is 10.8. The number of halogens is 1. The van der Waals surface area contributed by atoms with Crippen LogP contribution in [0.2, 0.25) is 5.02 Å². The van der Waals surface area contributed by atoms with E-state index in [-0.39, 0.29) is 0 Å². The predicted molar refractivity (Wildman–Crippen MR) is 64.9 cm³/mol. The van der Waals surface area contributed by atoms with E-state index in [2.05, 4.69) is 4.98 Å². The Kier molecular flexibility index (Phi) is 2.90. The summed E-state index contributed by atoms with van der Waals surface area (Å²) in [6.45, 7) is 0.451. The highest BCUT2D eigenvalue weighted by Crippen LogP contribution is 2.29. The molecule has 0 amide bonds. The minimum absolute atomic E-state index is 0.451. The summed E-state index contributed by atoms with van der Waals surface area (Å²) in [6, 6.07) is 7.48. The number of benzene rings is 1. The van der Waals surface area contributed by atoms with Gasteiger partial charge in [0.2, 0.25) is 0 Å². The van der Waals surface area contributed by atoms with Crippen LogP contribution in [0.15, 0.2) is 24.3 Å². The van der Waals surface area contributed by atoms with E-state index in [1.807, 2.05) is 24.3 Å². The van der Waals surface area contributed by atoms with E-state index < -0.39 is 0 Å². The molecule has 1 aromatic heterocycles. The third-order valence-electron chi connectivity index (χ3n) is 2.02. The van der Waals surface area contributed by atoms with E-state index >= 15 is 0 Å². The molecule has 0 aliphatic heterocycles. The predicted octanol–water partition coefficient (Wildman–Crippen LogP) is 2.50. The van der Waals surface area contributed by atoms with Crippen LogP contribution in [0.25, 0.3) is 11.3 Å². The van der Waals surface area contributed by atoms with Gasteiger partial charge in [-0.25, -0.2) is 4.98 Å². The van der Waals surface area contributed by atoms with E-state index in [4.69, 9.17) is 23.1 Å². The Hall–Kier alpha value is -1.10. The van der Waals surface area contributed by atoms with Crippen LogP contribution in [-0.4, -0.2) is 4.98 Å². The first-order chi connectivity index (χ1) is 7.20. The third-order valence-corrected chi connectivity index (χ3v) is 3.18. The standard InChI is InChI=1S/C10H10ClN3S/c11-7-3-1-6(2-4-7)9-8(5-12)15-10(13)14-9/h1-4H,5,12H2,(H2,13,14). The molecule has 1 aromatic carbocycles. The van der Waals surface area contributed by atoms with Gasteiger partial charge in [-0.3, -0.25) is 0 Å². The fourth-order valence-electron chi connectivity index (χ4n) is 1.34. The number of hydrogen-bond acceptors (Lipinski definition) is 4. The quantitative estimate of drug-likeness (QED) is 0.846. The molecule has 78 valence electrons. The third kappa shape index (κ3) is 2.12. The van der Waals surface area contributed by atoms with Crippen molar-refractivity contribution in [3.05, 3.63) is 34.2 Å². The maximum absolute atomic E-state index is 5.81. The fourth-order valence-corrected chi connectivity index (χ4v) is 2.20. The summed E-state index contributed by atoms with van der Waals surface area (Å²) in [4.78, 5) is 5.25. The molecule has 1 heterocycles. The largest absolute Gasteiger partial charge is 0.375 e. The van der Waals surface area contributed by atoms with Gasteiger partial charge >= 0.3 is 0 Å². The summed E-state index contributed by atoms with van der Waals surface area (Å²) in [6.07, 6.45) is 0. The highest BCUT2D eigenvalue weighted by atomic mass is 35.5. The second-order valence-electron chi connectivity index (χ2n) is 3.03. The van der Waals surface area contributed by atoms with Crippen molar-refractivity contribution in [3.8, 4) is 11.3 Å². The number of thiazole rings is 1. The summed E-state index contributed by atoms with van der Waals surface area (Å²) in [5.41, 5.74) is 13.1. The van der Waals surface area contributed by atoms with Crippen LogP contribution in [0.3, 0.4) is 0 Å². The van der Waals surface area contributed by atoms with Gasteiger partial charge in [0.1, 0.15) is 0 Å². The van der Waals surface area contributed by atoms with Crippen molar-refractivity contribution in [1.82, 2.24) is 4.98 Å².